The highest BCUT2D eigenvalue weighted by Gasteiger charge is 2.20. The van der Waals surface area contributed by atoms with Crippen LogP contribution in [0.3, 0.4) is 0 Å². The fourth-order valence-electron chi connectivity index (χ4n) is 4.50. The molecule has 4 aromatic rings. The normalized spacial score (nSPS) is 14.2. The molecule has 0 aliphatic heterocycles. The van der Waals surface area contributed by atoms with E-state index >= 15 is 4.39 Å². The summed E-state index contributed by atoms with van der Waals surface area (Å²) in [7, 11) is 3.28. The number of ether oxygens (including phenoxy) is 1. The fourth-order valence-corrected chi connectivity index (χ4v) is 4.50. The summed E-state index contributed by atoms with van der Waals surface area (Å²) in [5, 5.41) is 20.9. The van der Waals surface area contributed by atoms with Crippen molar-refractivity contribution in [3.8, 4) is 23.1 Å². The van der Waals surface area contributed by atoms with Gasteiger partial charge in [-0.05, 0) is 25.0 Å². The number of methoxy groups -OCH3 is 1. The summed E-state index contributed by atoms with van der Waals surface area (Å²) >= 11 is 0. The van der Waals surface area contributed by atoms with Crippen molar-refractivity contribution >= 4 is 28.5 Å². The Kier molecular flexibility index (Phi) is 5.76. The lowest BCUT2D eigenvalue weighted by Gasteiger charge is -2.24. The molecule has 0 unspecified atom stereocenters. The minimum atomic E-state index is -0.430. The third-order valence-electron chi connectivity index (χ3n) is 6.23. The summed E-state index contributed by atoms with van der Waals surface area (Å²) in [6.45, 7) is 0. The first-order valence-electron chi connectivity index (χ1n) is 11.3. The van der Waals surface area contributed by atoms with Gasteiger partial charge in [0.25, 0.3) is 0 Å². The smallest absolute Gasteiger partial charge is 0.231 e. The van der Waals surface area contributed by atoms with Gasteiger partial charge in [0.15, 0.2) is 0 Å². The number of halogens is 1. The van der Waals surface area contributed by atoms with Crippen molar-refractivity contribution in [2.24, 2.45) is 7.05 Å². The second kappa shape index (κ2) is 9.02. The van der Waals surface area contributed by atoms with Gasteiger partial charge in [0, 0.05) is 37.1 Å². The summed E-state index contributed by atoms with van der Waals surface area (Å²) in [6.07, 6.45) is 8.90. The number of nitrogens with one attached hydrogen (secondary N) is 3. The van der Waals surface area contributed by atoms with E-state index in [9.17, 15) is 5.26 Å². The van der Waals surface area contributed by atoms with Crippen LogP contribution in [0.25, 0.3) is 22.3 Å². The summed E-state index contributed by atoms with van der Waals surface area (Å²) in [5.41, 5.74) is 2.40. The van der Waals surface area contributed by atoms with Crippen molar-refractivity contribution in [1.29, 1.82) is 5.26 Å². The Morgan fingerprint density at radius 3 is 2.76 bits per heavy atom. The molecular formula is C24H25FN8O. The van der Waals surface area contributed by atoms with Gasteiger partial charge < -0.3 is 20.4 Å². The molecule has 0 atom stereocenters. The average Bonchev–Trinajstić information content (AvgIpc) is 3.46. The lowest BCUT2D eigenvalue weighted by Crippen LogP contribution is -2.23. The molecule has 0 radical (unpaired) electrons. The molecule has 3 N–H and O–H groups in total. The van der Waals surface area contributed by atoms with Gasteiger partial charge in [-0.1, -0.05) is 19.3 Å². The summed E-state index contributed by atoms with van der Waals surface area (Å²) in [6, 6.07) is 7.20. The third kappa shape index (κ3) is 4.01. The molecule has 1 saturated carbocycles. The van der Waals surface area contributed by atoms with E-state index in [0.717, 1.165) is 25.7 Å². The molecule has 1 aromatic carbocycles. The van der Waals surface area contributed by atoms with Crippen LogP contribution in [0, 0.1) is 17.1 Å². The van der Waals surface area contributed by atoms with E-state index in [2.05, 4.69) is 36.8 Å². The molecule has 0 saturated heterocycles. The minimum Gasteiger partial charge on any atom is -0.495 e. The quantitative estimate of drug-likeness (QED) is 0.376. The van der Waals surface area contributed by atoms with Crippen molar-refractivity contribution in [1.82, 2.24) is 24.7 Å². The third-order valence-corrected chi connectivity index (χ3v) is 6.23. The van der Waals surface area contributed by atoms with E-state index in [-0.39, 0.29) is 12.0 Å². The molecule has 1 aliphatic carbocycles. The van der Waals surface area contributed by atoms with Gasteiger partial charge in [0.1, 0.15) is 29.1 Å². The monoisotopic (exact) mass is 460 g/mol. The SMILES string of the molecule is COc1cc(-c2ccnn2C)c(F)cc1Nc1nc(NC2CCCCC2)c2c(C#N)c[nH]c2n1. The lowest BCUT2D eigenvalue weighted by molar-refractivity contribution is 0.416. The minimum absolute atomic E-state index is 0.267. The van der Waals surface area contributed by atoms with Gasteiger partial charge in [-0.15, -0.1) is 0 Å². The number of nitrogens with zero attached hydrogens (tertiary/aromatic N) is 5. The second-order valence-corrected chi connectivity index (χ2v) is 8.41. The molecular weight excluding hydrogens is 435 g/mol. The van der Waals surface area contributed by atoms with E-state index in [1.807, 2.05) is 0 Å². The zero-order valence-corrected chi connectivity index (χ0v) is 19.0. The Labute approximate surface area is 196 Å². The molecule has 9 nitrogen and oxygen atoms in total. The molecule has 3 heterocycles. The van der Waals surface area contributed by atoms with Crippen molar-refractivity contribution in [3.63, 3.8) is 0 Å². The number of aromatic amines is 1. The first-order chi connectivity index (χ1) is 16.6. The van der Waals surface area contributed by atoms with Gasteiger partial charge in [-0.25, -0.2) is 4.39 Å². The summed E-state index contributed by atoms with van der Waals surface area (Å²) in [4.78, 5) is 12.2. The standard InChI is InChI=1S/C24H25FN8O/c1-33-19(8-9-28-33)16-10-20(34-2)18(11-17(16)25)30-24-31-22-21(14(12-26)13-27-22)23(32-24)29-15-6-4-3-5-7-15/h8-11,13,15H,3-7H2,1-2H3,(H3,27,29,30,31,32). The van der Waals surface area contributed by atoms with E-state index in [4.69, 9.17) is 4.74 Å². The Morgan fingerprint density at radius 1 is 1.24 bits per heavy atom. The summed E-state index contributed by atoms with van der Waals surface area (Å²) < 4.78 is 22.2. The van der Waals surface area contributed by atoms with Crippen LogP contribution in [0.5, 0.6) is 5.75 Å². The van der Waals surface area contributed by atoms with Crippen molar-refractivity contribution < 1.29 is 9.13 Å². The van der Waals surface area contributed by atoms with Gasteiger partial charge >= 0.3 is 0 Å². The number of aromatic nitrogens is 5. The maximum absolute atomic E-state index is 15.1. The number of benzene rings is 1. The Hall–Kier alpha value is -4.13. The lowest BCUT2D eigenvalue weighted by atomic mass is 9.95. The van der Waals surface area contributed by atoms with Crippen LogP contribution in [0.15, 0.2) is 30.6 Å². The van der Waals surface area contributed by atoms with Crippen LogP contribution < -0.4 is 15.4 Å². The van der Waals surface area contributed by atoms with Crippen LogP contribution in [0.4, 0.5) is 21.8 Å². The first-order valence-corrected chi connectivity index (χ1v) is 11.3. The van der Waals surface area contributed by atoms with Crippen molar-refractivity contribution in [2.75, 3.05) is 17.7 Å². The maximum Gasteiger partial charge on any atom is 0.231 e. The van der Waals surface area contributed by atoms with E-state index in [1.165, 1.54) is 19.6 Å². The molecule has 34 heavy (non-hydrogen) atoms. The number of nitriles is 1. The van der Waals surface area contributed by atoms with Crippen LogP contribution >= 0.6 is 0 Å². The van der Waals surface area contributed by atoms with Crippen LogP contribution in [0.2, 0.25) is 0 Å². The largest absolute Gasteiger partial charge is 0.495 e. The number of aryl methyl sites for hydroxylation is 1. The Balaban J connectivity index is 1.53. The van der Waals surface area contributed by atoms with Gasteiger partial charge in [-0.2, -0.15) is 20.3 Å². The summed E-state index contributed by atoms with van der Waals surface area (Å²) in [5.74, 6) is 0.860. The highest BCUT2D eigenvalue weighted by Crippen LogP contribution is 2.35. The predicted molar refractivity (Wildman–Crippen MR) is 128 cm³/mol. The number of fused-ring (bicyclic) bond motifs is 1. The molecule has 3 aromatic heterocycles. The first kappa shape index (κ1) is 21.7. The second-order valence-electron chi connectivity index (χ2n) is 8.41. The molecule has 0 bridgehead atoms. The predicted octanol–water partition coefficient (Wildman–Crippen LogP) is 4.87. The van der Waals surface area contributed by atoms with Crippen molar-refractivity contribution in [2.45, 2.75) is 38.1 Å². The molecule has 10 heteroatoms. The number of anilines is 3. The number of hydrogen-bond acceptors (Lipinski definition) is 7. The average molecular weight is 461 g/mol. The van der Waals surface area contributed by atoms with Crippen LogP contribution in [0.1, 0.15) is 37.7 Å². The van der Waals surface area contributed by atoms with E-state index in [0.29, 0.717) is 45.1 Å². The van der Waals surface area contributed by atoms with E-state index < -0.39 is 5.82 Å². The number of rotatable bonds is 6. The van der Waals surface area contributed by atoms with Gasteiger partial charge in [-0.3, -0.25) is 4.68 Å². The van der Waals surface area contributed by atoms with Gasteiger partial charge in [0.05, 0.1) is 29.4 Å². The van der Waals surface area contributed by atoms with E-state index in [1.54, 1.807) is 36.3 Å². The number of H-pyrrole nitrogens is 1. The highest BCUT2D eigenvalue weighted by atomic mass is 19.1. The molecule has 1 aliphatic rings. The Bertz CT molecular complexity index is 1380. The molecule has 1 fully saturated rings. The maximum atomic E-state index is 15.1. The Morgan fingerprint density at radius 2 is 2.06 bits per heavy atom. The molecule has 174 valence electrons. The zero-order chi connectivity index (χ0) is 23.7. The molecule has 0 spiro atoms. The van der Waals surface area contributed by atoms with Crippen molar-refractivity contribution in [3.05, 3.63) is 42.0 Å². The fraction of sp³-hybridized carbons (Fsp3) is 0.333. The van der Waals surface area contributed by atoms with Crippen LogP contribution in [-0.2, 0) is 7.05 Å². The molecule has 0 amide bonds. The van der Waals surface area contributed by atoms with Crippen LogP contribution in [-0.4, -0.2) is 37.9 Å². The highest BCUT2D eigenvalue weighted by molar-refractivity contribution is 5.93. The topological polar surface area (TPSA) is 116 Å². The van der Waals surface area contributed by atoms with Gasteiger partial charge in [0.2, 0.25) is 5.95 Å². The number of hydrogen-bond donors (Lipinski definition) is 3. The molecule has 5 rings (SSSR count). The zero-order valence-electron chi connectivity index (χ0n) is 19.0.